The van der Waals surface area contributed by atoms with Crippen LogP contribution >= 0.6 is 0 Å². The number of hydrogen-bond donors (Lipinski definition) is 2. The van der Waals surface area contributed by atoms with Crippen LogP contribution in [0.3, 0.4) is 0 Å². The minimum Gasteiger partial charge on any atom is -0.481 e. The monoisotopic (exact) mass is 282 g/mol. The van der Waals surface area contributed by atoms with Gasteiger partial charge in [0.2, 0.25) is 0 Å². The summed E-state index contributed by atoms with van der Waals surface area (Å²) in [5.74, 6) is -1.05. The molecule has 0 aromatic rings. The van der Waals surface area contributed by atoms with Crippen molar-refractivity contribution in [2.24, 2.45) is 5.92 Å². The lowest BCUT2D eigenvalue weighted by atomic mass is 9.95. The molecule has 19 heavy (non-hydrogen) atoms. The third-order valence-corrected chi connectivity index (χ3v) is 2.95. The molecular weight excluding hydrogens is 265 g/mol. The number of rotatable bonds is 4. The van der Waals surface area contributed by atoms with E-state index in [0.29, 0.717) is 13.0 Å². The maximum absolute atomic E-state index is 11.9. The third kappa shape index (κ3) is 6.30. The highest BCUT2D eigenvalue weighted by atomic mass is 19.4. The van der Waals surface area contributed by atoms with Crippen molar-refractivity contribution in [2.45, 2.75) is 31.9 Å². The van der Waals surface area contributed by atoms with Crippen LogP contribution in [0.2, 0.25) is 0 Å². The molecule has 0 saturated carbocycles. The number of hydrogen-bond acceptors (Lipinski definition) is 2. The molecule has 1 aliphatic heterocycles. The predicted octanol–water partition coefficient (Wildman–Crippen LogP) is 1.84. The summed E-state index contributed by atoms with van der Waals surface area (Å²) in [5, 5.41) is 10.9. The third-order valence-electron chi connectivity index (χ3n) is 2.95. The number of likely N-dealkylation sites (tertiary alicyclic amines) is 1. The number of halogens is 3. The summed E-state index contributed by atoms with van der Waals surface area (Å²) in [7, 11) is 0. The molecule has 1 saturated heterocycles. The zero-order valence-corrected chi connectivity index (χ0v) is 10.4. The van der Waals surface area contributed by atoms with Gasteiger partial charge in [0.1, 0.15) is 0 Å². The van der Waals surface area contributed by atoms with Crippen LogP contribution in [0.1, 0.15) is 25.7 Å². The fraction of sp³-hybridized carbons (Fsp3) is 0.818. The lowest BCUT2D eigenvalue weighted by Gasteiger charge is -2.32. The fourth-order valence-electron chi connectivity index (χ4n) is 2.09. The lowest BCUT2D eigenvalue weighted by molar-refractivity contribution is -0.138. The zero-order valence-electron chi connectivity index (χ0n) is 10.4. The first kappa shape index (κ1) is 15.6. The summed E-state index contributed by atoms with van der Waals surface area (Å²) in [6.07, 6.45) is -3.98. The number of aliphatic carboxylic acids is 1. The van der Waals surface area contributed by atoms with Crippen LogP contribution in [-0.4, -0.2) is 47.8 Å². The van der Waals surface area contributed by atoms with Gasteiger partial charge in [-0.3, -0.25) is 4.79 Å². The second-order valence-electron chi connectivity index (χ2n) is 4.65. The highest BCUT2D eigenvalue weighted by Gasteiger charge is 2.28. The maximum Gasteiger partial charge on any atom is 0.390 e. The number of amides is 2. The summed E-state index contributed by atoms with van der Waals surface area (Å²) >= 11 is 0. The second kappa shape index (κ2) is 6.63. The Morgan fingerprint density at radius 1 is 1.37 bits per heavy atom. The molecule has 1 aliphatic rings. The van der Waals surface area contributed by atoms with Crippen LogP contribution in [0.4, 0.5) is 18.0 Å². The van der Waals surface area contributed by atoms with Crippen molar-refractivity contribution in [2.75, 3.05) is 19.6 Å². The molecule has 0 radical (unpaired) electrons. The van der Waals surface area contributed by atoms with E-state index in [-0.39, 0.29) is 18.9 Å². The maximum atomic E-state index is 11.9. The van der Waals surface area contributed by atoms with Gasteiger partial charge in [-0.15, -0.1) is 0 Å². The van der Waals surface area contributed by atoms with Crippen LogP contribution in [0, 0.1) is 5.92 Å². The van der Waals surface area contributed by atoms with Crippen LogP contribution in [0.15, 0.2) is 0 Å². The minimum absolute atomic E-state index is 0.0215. The van der Waals surface area contributed by atoms with Gasteiger partial charge in [-0.1, -0.05) is 0 Å². The summed E-state index contributed by atoms with van der Waals surface area (Å²) in [6.45, 7) is 0.278. The number of carbonyl (C=O) groups excluding carboxylic acids is 1. The van der Waals surface area contributed by atoms with E-state index in [0.717, 1.165) is 6.42 Å². The minimum atomic E-state index is -4.29. The Bertz CT molecular complexity index is 334. The van der Waals surface area contributed by atoms with Gasteiger partial charge >= 0.3 is 18.2 Å². The van der Waals surface area contributed by atoms with E-state index in [4.69, 9.17) is 5.11 Å². The van der Waals surface area contributed by atoms with E-state index >= 15 is 0 Å². The Morgan fingerprint density at radius 2 is 2.05 bits per heavy atom. The van der Waals surface area contributed by atoms with E-state index in [1.54, 1.807) is 0 Å². The van der Waals surface area contributed by atoms with Crippen molar-refractivity contribution < 1.29 is 27.9 Å². The Hall–Kier alpha value is -1.47. The molecule has 1 fully saturated rings. The standard InChI is InChI=1S/C11H17F3N2O3/c12-11(13,14)3-4-15-10(19)16-5-1-2-8(7-16)6-9(17)18/h8H,1-7H2,(H,15,19)(H,17,18). The van der Waals surface area contributed by atoms with Gasteiger partial charge in [0.05, 0.1) is 6.42 Å². The number of carbonyl (C=O) groups is 2. The van der Waals surface area contributed by atoms with Crippen molar-refractivity contribution in [3.05, 3.63) is 0 Å². The molecule has 0 aliphatic carbocycles. The number of alkyl halides is 3. The molecule has 1 unspecified atom stereocenters. The molecule has 1 heterocycles. The van der Waals surface area contributed by atoms with Gasteiger partial charge in [0.15, 0.2) is 0 Å². The van der Waals surface area contributed by atoms with Crippen molar-refractivity contribution >= 4 is 12.0 Å². The molecule has 0 bridgehead atoms. The molecule has 0 spiro atoms. The molecular formula is C11H17F3N2O3. The van der Waals surface area contributed by atoms with E-state index in [1.807, 2.05) is 0 Å². The van der Waals surface area contributed by atoms with Crippen LogP contribution in [-0.2, 0) is 4.79 Å². The highest BCUT2D eigenvalue weighted by Crippen LogP contribution is 2.20. The second-order valence-corrected chi connectivity index (χ2v) is 4.65. The van der Waals surface area contributed by atoms with E-state index in [1.165, 1.54) is 4.90 Å². The first-order valence-electron chi connectivity index (χ1n) is 6.09. The van der Waals surface area contributed by atoms with Crippen LogP contribution in [0.5, 0.6) is 0 Å². The Kier molecular flexibility index (Phi) is 5.44. The molecule has 2 N–H and O–H groups in total. The number of carboxylic acid groups (broad SMARTS) is 1. The zero-order chi connectivity index (χ0) is 14.5. The molecule has 1 rings (SSSR count). The van der Waals surface area contributed by atoms with Gasteiger partial charge < -0.3 is 15.3 Å². The van der Waals surface area contributed by atoms with Crippen molar-refractivity contribution in [3.8, 4) is 0 Å². The number of urea groups is 1. The average Bonchev–Trinajstić information content (AvgIpc) is 2.26. The van der Waals surface area contributed by atoms with Gasteiger partial charge in [-0.25, -0.2) is 4.79 Å². The highest BCUT2D eigenvalue weighted by molar-refractivity contribution is 5.74. The molecule has 8 heteroatoms. The van der Waals surface area contributed by atoms with Crippen LogP contribution < -0.4 is 5.32 Å². The topological polar surface area (TPSA) is 69.6 Å². The number of nitrogens with zero attached hydrogens (tertiary/aromatic N) is 1. The van der Waals surface area contributed by atoms with Crippen LogP contribution in [0.25, 0.3) is 0 Å². The number of piperidine rings is 1. The quantitative estimate of drug-likeness (QED) is 0.826. The SMILES string of the molecule is O=C(O)CC1CCCN(C(=O)NCCC(F)(F)F)C1. The number of nitrogens with one attached hydrogen (secondary N) is 1. The Balaban J connectivity index is 2.33. The molecule has 0 aromatic heterocycles. The average molecular weight is 282 g/mol. The van der Waals surface area contributed by atoms with E-state index in [2.05, 4.69) is 5.32 Å². The lowest BCUT2D eigenvalue weighted by Crippen LogP contribution is -2.46. The molecule has 0 aromatic carbocycles. The molecule has 2 amide bonds. The Labute approximate surface area is 108 Å². The summed E-state index contributed by atoms with van der Waals surface area (Å²) in [4.78, 5) is 23.6. The summed E-state index contributed by atoms with van der Waals surface area (Å²) in [6, 6.07) is -0.556. The van der Waals surface area contributed by atoms with Gasteiger partial charge in [0, 0.05) is 26.1 Å². The van der Waals surface area contributed by atoms with Gasteiger partial charge in [-0.2, -0.15) is 13.2 Å². The largest absolute Gasteiger partial charge is 0.481 e. The normalized spacial score (nSPS) is 20.2. The first-order valence-corrected chi connectivity index (χ1v) is 6.09. The molecule has 1 atom stereocenters. The fourth-order valence-corrected chi connectivity index (χ4v) is 2.09. The summed E-state index contributed by atoms with van der Waals surface area (Å²) < 4.78 is 35.8. The van der Waals surface area contributed by atoms with Crippen molar-refractivity contribution in [1.29, 1.82) is 0 Å². The molecule has 5 nitrogen and oxygen atoms in total. The van der Waals surface area contributed by atoms with E-state index < -0.39 is 31.1 Å². The first-order chi connectivity index (χ1) is 8.78. The van der Waals surface area contributed by atoms with Crippen molar-refractivity contribution in [3.63, 3.8) is 0 Å². The summed E-state index contributed by atoms with van der Waals surface area (Å²) in [5.41, 5.74) is 0. The van der Waals surface area contributed by atoms with Crippen molar-refractivity contribution in [1.82, 2.24) is 10.2 Å². The number of carboxylic acids is 1. The van der Waals surface area contributed by atoms with E-state index in [9.17, 15) is 22.8 Å². The smallest absolute Gasteiger partial charge is 0.390 e. The van der Waals surface area contributed by atoms with Gasteiger partial charge in [-0.05, 0) is 18.8 Å². The molecule has 110 valence electrons. The predicted molar refractivity (Wildman–Crippen MR) is 60.6 cm³/mol. The van der Waals surface area contributed by atoms with Gasteiger partial charge in [0.25, 0.3) is 0 Å². The Morgan fingerprint density at radius 3 is 2.63 bits per heavy atom.